The lowest BCUT2D eigenvalue weighted by Gasteiger charge is -2.21. The Hall–Kier alpha value is -1.02. The molecule has 13 heavy (non-hydrogen) atoms. The van der Waals surface area contributed by atoms with Gasteiger partial charge in [0, 0.05) is 24.2 Å². The van der Waals surface area contributed by atoms with Gasteiger partial charge in [-0.2, -0.15) is 0 Å². The Labute approximate surface area is 78.3 Å². The van der Waals surface area contributed by atoms with Crippen molar-refractivity contribution < 1.29 is 0 Å². The molecule has 2 N–H and O–H groups in total. The first-order valence-corrected chi connectivity index (χ1v) is 4.95. The quantitative estimate of drug-likeness (QED) is 0.620. The molecule has 2 aliphatic heterocycles. The van der Waals surface area contributed by atoms with Crippen LogP contribution in [0.15, 0.2) is 24.3 Å². The van der Waals surface area contributed by atoms with Crippen LogP contribution in [0.5, 0.6) is 0 Å². The van der Waals surface area contributed by atoms with E-state index in [4.69, 9.17) is 0 Å². The molecule has 2 nitrogen and oxygen atoms in total. The standard InChI is InChI=1S/C11H14N2/c1-2-4-10-9(3-1)11(8-13-10)5-6-12-7-11/h1-4,12-13H,5-8H2/t11-/m1/s1. The maximum absolute atomic E-state index is 3.49. The van der Waals surface area contributed by atoms with E-state index in [1.807, 2.05) is 0 Å². The number of para-hydroxylation sites is 1. The molecule has 1 fully saturated rings. The van der Waals surface area contributed by atoms with Gasteiger partial charge in [-0.1, -0.05) is 18.2 Å². The van der Waals surface area contributed by atoms with Crippen molar-refractivity contribution in [3.05, 3.63) is 29.8 Å². The molecular formula is C11H14N2. The third-order valence-corrected chi connectivity index (χ3v) is 3.36. The van der Waals surface area contributed by atoms with Crippen LogP contribution in [0.2, 0.25) is 0 Å². The molecular weight excluding hydrogens is 160 g/mol. The Morgan fingerprint density at radius 3 is 2.92 bits per heavy atom. The van der Waals surface area contributed by atoms with Crippen LogP contribution in [0, 0.1) is 0 Å². The van der Waals surface area contributed by atoms with Crippen LogP contribution in [-0.4, -0.2) is 19.6 Å². The number of rotatable bonds is 0. The summed E-state index contributed by atoms with van der Waals surface area (Å²) in [5, 5.41) is 6.95. The largest absolute Gasteiger partial charge is 0.384 e. The van der Waals surface area contributed by atoms with Gasteiger partial charge >= 0.3 is 0 Å². The van der Waals surface area contributed by atoms with E-state index in [0.29, 0.717) is 5.41 Å². The lowest BCUT2D eigenvalue weighted by molar-refractivity contribution is 0.522. The summed E-state index contributed by atoms with van der Waals surface area (Å²) in [4.78, 5) is 0. The minimum Gasteiger partial charge on any atom is -0.384 e. The summed E-state index contributed by atoms with van der Waals surface area (Å²) in [6, 6.07) is 8.70. The van der Waals surface area contributed by atoms with Gasteiger partial charge in [-0.05, 0) is 24.6 Å². The normalized spacial score (nSPS) is 30.5. The molecule has 68 valence electrons. The monoisotopic (exact) mass is 174 g/mol. The molecule has 1 saturated heterocycles. The second-order valence-corrected chi connectivity index (χ2v) is 4.11. The van der Waals surface area contributed by atoms with E-state index >= 15 is 0 Å². The van der Waals surface area contributed by atoms with Crippen molar-refractivity contribution in [2.24, 2.45) is 0 Å². The van der Waals surface area contributed by atoms with Crippen molar-refractivity contribution in [2.75, 3.05) is 25.0 Å². The van der Waals surface area contributed by atoms with E-state index in [1.54, 1.807) is 0 Å². The van der Waals surface area contributed by atoms with E-state index in [1.165, 1.54) is 17.7 Å². The zero-order valence-corrected chi connectivity index (χ0v) is 7.64. The molecule has 0 aliphatic carbocycles. The summed E-state index contributed by atoms with van der Waals surface area (Å²) in [5.41, 5.74) is 3.25. The summed E-state index contributed by atoms with van der Waals surface area (Å²) < 4.78 is 0. The summed E-state index contributed by atoms with van der Waals surface area (Å²) in [6.45, 7) is 3.41. The van der Waals surface area contributed by atoms with Crippen molar-refractivity contribution in [1.29, 1.82) is 0 Å². The maximum atomic E-state index is 3.49. The van der Waals surface area contributed by atoms with Crippen molar-refractivity contribution in [1.82, 2.24) is 5.32 Å². The molecule has 1 atom stereocenters. The fraction of sp³-hybridized carbons (Fsp3) is 0.455. The third-order valence-electron chi connectivity index (χ3n) is 3.36. The Morgan fingerprint density at radius 2 is 2.08 bits per heavy atom. The van der Waals surface area contributed by atoms with E-state index < -0.39 is 0 Å². The van der Waals surface area contributed by atoms with Crippen LogP contribution >= 0.6 is 0 Å². The molecule has 0 aromatic heterocycles. The second-order valence-electron chi connectivity index (χ2n) is 4.11. The number of nitrogens with one attached hydrogen (secondary N) is 2. The lowest BCUT2D eigenvalue weighted by Crippen LogP contribution is -2.30. The topological polar surface area (TPSA) is 24.1 Å². The predicted molar refractivity (Wildman–Crippen MR) is 54.1 cm³/mol. The van der Waals surface area contributed by atoms with Crippen LogP contribution in [0.1, 0.15) is 12.0 Å². The molecule has 0 saturated carbocycles. The van der Waals surface area contributed by atoms with Crippen LogP contribution < -0.4 is 10.6 Å². The first-order valence-electron chi connectivity index (χ1n) is 4.95. The average molecular weight is 174 g/mol. The van der Waals surface area contributed by atoms with E-state index in [9.17, 15) is 0 Å². The van der Waals surface area contributed by atoms with E-state index in [0.717, 1.165) is 19.6 Å². The van der Waals surface area contributed by atoms with Crippen LogP contribution in [-0.2, 0) is 5.41 Å². The molecule has 0 unspecified atom stereocenters. The Morgan fingerprint density at radius 1 is 1.15 bits per heavy atom. The van der Waals surface area contributed by atoms with Crippen LogP contribution in [0.25, 0.3) is 0 Å². The smallest absolute Gasteiger partial charge is 0.0379 e. The number of hydrogen-bond acceptors (Lipinski definition) is 2. The number of hydrogen-bond donors (Lipinski definition) is 2. The zero-order valence-electron chi connectivity index (χ0n) is 7.64. The summed E-state index contributed by atoms with van der Waals surface area (Å²) >= 11 is 0. The molecule has 2 aliphatic rings. The SMILES string of the molecule is c1ccc2c(c1)NC[C@]21CCNC1. The highest BCUT2D eigenvalue weighted by molar-refractivity contribution is 5.60. The van der Waals surface area contributed by atoms with Crippen LogP contribution in [0.4, 0.5) is 5.69 Å². The summed E-state index contributed by atoms with van der Waals surface area (Å²) in [6.07, 6.45) is 1.27. The molecule has 0 bridgehead atoms. The van der Waals surface area contributed by atoms with Crippen molar-refractivity contribution in [2.45, 2.75) is 11.8 Å². The summed E-state index contributed by atoms with van der Waals surface area (Å²) in [5.74, 6) is 0. The van der Waals surface area contributed by atoms with E-state index in [-0.39, 0.29) is 0 Å². The fourth-order valence-corrected chi connectivity index (χ4v) is 2.58. The molecule has 1 aromatic carbocycles. The van der Waals surface area contributed by atoms with Crippen molar-refractivity contribution in [3.8, 4) is 0 Å². The molecule has 1 aromatic rings. The molecule has 1 spiro atoms. The average Bonchev–Trinajstić information content (AvgIpc) is 2.78. The third kappa shape index (κ3) is 0.923. The molecule has 2 heteroatoms. The second kappa shape index (κ2) is 2.48. The predicted octanol–water partition coefficient (Wildman–Crippen LogP) is 1.34. The van der Waals surface area contributed by atoms with Gasteiger partial charge in [0.2, 0.25) is 0 Å². The first kappa shape index (κ1) is 7.39. The van der Waals surface area contributed by atoms with Crippen molar-refractivity contribution in [3.63, 3.8) is 0 Å². The Kier molecular flexibility index (Phi) is 1.41. The highest BCUT2D eigenvalue weighted by Gasteiger charge is 2.40. The first-order chi connectivity index (χ1) is 6.41. The number of fused-ring (bicyclic) bond motifs is 2. The van der Waals surface area contributed by atoms with Gasteiger partial charge in [-0.25, -0.2) is 0 Å². The lowest BCUT2D eigenvalue weighted by atomic mass is 9.82. The van der Waals surface area contributed by atoms with Gasteiger partial charge in [0.05, 0.1) is 0 Å². The Bertz CT molecular complexity index is 327. The van der Waals surface area contributed by atoms with E-state index in [2.05, 4.69) is 34.9 Å². The molecule has 2 heterocycles. The van der Waals surface area contributed by atoms with Gasteiger partial charge in [0.1, 0.15) is 0 Å². The number of benzene rings is 1. The number of anilines is 1. The fourth-order valence-electron chi connectivity index (χ4n) is 2.58. The maximum Gasteiger partial charge on any atom is 0.0379 e. The van der Waals surface area contributed by atoms with Gasteiger partial charge in [0.15, 0.2) is 0 Å². The van der Waals surface area contributed by atoms with Gasteiger partial charge in [-0.3, -0.25) is 0 Å². The Balaban J connectivity index is 2.11. The summed E-state index contributed by atoms with van der Waals surface area (Å²) in [7, 11) is 0. The van der Waals surface area contributed by atoms with Gasteiger partial charge in [0.25, 0.3) is 0 Å². The minimum atomic E-state index is 0.399. The minimum absolute atomic E-state index is 0.399. The molecule has 0 amide bonds. The van der Waals surface area contributed by atoms with Gasteiger partial charge < -0.3 is 10.6 Å². The molecule has 3 rings (SSSR count). The van der Waals surface area contributed by atoms with Crippen LogP contribution in [0.3, 0.4) is 0 Å². The molecule has 0 radical (unpaired) electrons. The zero-order chi connectivity index (χ0) is 8.73. The van der Waals surface area contributed by atoms with Gasteiger partial charge in [-0.15, -0.1) is 0 Å². The highest BCUT2D eigenvalue weighted by atomic mass is 15.0. The van der Waals surface area contributed by atoms with Crippen molar-refractivity contribution >= 4 is 5.69 Å². The highest BCUT2D eigenvalue weighted by Crippen LogP contribution is 2.40.